The Labute approximate surface area is 167 Å². The molecule has 3 aromatic rings. The van der Waals surface area contributed by atoms with E-state index in [1.165, 1.54) is 31.1 Å². The molecule has 2 heterocycles. The zero-order valence-corrected chi connectivity index (χ0v) is 16.2. The van der Waals surface area contributed by atoms with E-state index in [2.05, 4.69) is 10.3 Å². The average Bonchev–Trinajstić information content (AvgIpc) is 3.13. The second kappa shape index (κ2) is 8.05. The van der Waals surface area contributed by atoms with Crippen molar-refractivity contribution in [3.63, 3.8) is 0 Å². The van der Waals surface area contributed by atoms with Crippen LogP contribution in [0.25, 0.3) is 11.2 Å². The number of rotatable bonds is 6. The van der Waals surface area contributed by atoms with Gasteiger partial charge in [-0.25, -0.2) is 9.78 Å². The summed E-state index contributed by atoms with van der Waals surface area (Å²) in [7, 11) is 2.88. The molecule has 3 rings (SSSR count). The van der Waals surface area contributed by atoms with Crippen LogP contribution in [-0.4, -0.2) is 43.9 Å². The van der Waals surface area contributed by atoms with Gasteiger partial charge < -0.3 is 15.2 Å². The lowest BCUT2D eigenvalue weighted by Gasteiger charge is -2.13. The largest absolute Gasteiger partial charge is 0.405 e. The fourth-order valence-electron chi connectivity index (χ4n) is 2.99. The molecule has 30 heavy (non-hydrogen) atoms. The van der Waals surface area contributed by atoms with Gasteiger partial charge in [0.05, 0.1) is 11.9 Å². The maximum atomic E-state index is 12.4. The molecule has 12 heteroatoms. The van der Waals surface area contributed by atoms with Gasteiger partial charge in [-0.1, -0.05) is 12.1 Å². The smallest absolute Gasteiger partial charge is 0.383 e. The van der Waals surface area contributed by atoms with Crippen LogP contribution in [0, 0.1) is 0 Å². The van der Waals surface area contributed by atoms with Crippen LogP contribution in [0.4, 0.5) is 18.9 Å². The number of halogens is 3. The van der Waals surface area contributed by atoms with Crippen molar-refractivity contribution in [2.45, 2.75) is 12.7 Å². The van der Waals surface area contributed by atoms with Crippen LogP contribution in [0.15, 0.2) is 40.2 Å². The van der Waals surface area contributed by atoms with Crippen LogP contribution >= 0.6 is 0 Å². The standard InChI is InChI=1S/C18H19F3N6O3/c1-25-14-13(16(29)26(2)17(25)30)27(10-24-14)8-7-22-12-6-4-3-5-11(12)15(28)23-9-18(19,20)21/h3-6,10,22H,7-9H2,1-2H3,(H,23,28). The first-order chi connectivity index (χ1) is 14.1. The number of fused-ring (bicyclic) bond motifs is 1. The van der Waals surface area contributed by atoms with E-state index >= 15 is 0 Å². The molecular weight excluding hydrogens is 405 g/mol. The lowest BCUT2D eigenvalue weighted by atomic mass is 10.1. The predicted octanol–water partition coefficient (Wildman–Crippen LogP) is 0.838. The van der Waals surface area contributed by atoms with Crippen molar-refractivity contribution in [2.24, 2.45) is 14.1 Å². The zero-order chi connectivity index (χ0) is 22.1. The lowest BCUT2D eigenvalue weighted by Crippen LogP contribution is -2.37. The van der Waals surface area contributed by atoms with Crippen molar-refractivity contribution < 1.29 is 18.0 Å². The topological polar surface area (TPSA) is 103 Å². The molecule has 0 aliphatic carbocycles. The fourth-order valence-corrected chi connectivity index (χ4v) is 2.99. The molecule has 160 valence electrons. The molecule has 1 amide bonds. The molecule has 1 aromatic carbocycles. The molecular formula is C18H19F3N6O3. The van der Waals surface area contributed by atoms with E-state index in [1.807, 2.05) is 5.32 Å². The summed E-state index contributed by atoms with van der Waals surface area (Å²) >= 11 is 0. The summed E-state index contributed by atoms with van der Waals surface area (Å²) < 4.78 is 40.9. The van der Waals surface area contributed by atoms with E-state index in [1.54, 1.807) is 22.8 Å². The summed E-state index contributed by atoms with van der Waals surface area (Å²) in [6.07, 6.45) is -3.08. The summed E-state index contributed by atoms with van der Waals surface area (Å²) in [6, 6.07) is 6.16. The van der Waals surface area contributed by atoms with Crippen molar-refractivity contribution in [1.82, 2.24) is 24.0 Å². The number of nitrogens with zero attached hydrogens (tertiary/aromatic N) is 4. The van der Waals surface area contributed by atoms with Gasteiger partial charge in [0.2, 0.25) is 0 Å². The Balaban J connectivity index is 1.76. The van der Waals surface area contributed by atoms with E-state index in [0.717, 1.165) is 4.57 Å². The van der Waals surface area contributed by atoms with Crippen LogP contribution in [0.3, 0.4) is 0 Å². The molecule has 0 saturated carbocycles. The van der Waals surface area contributed by atoms with Crippen molar-refractivity contribution in [3.05, 3.63) is 57.0 Å². The molecule has 2 N–H and O–H groups in total. The van der Waals surface area contributed by atoms with Gasteiger partial charge in [0, 0.05) is 32.9 Å². The minimum absolute atomic E-state index is 0.0653. The number of hydrogen-bond donors (Lipinski definition) is 2. The number of anilines is 1. The second-order valence-electron chi connectivity index (χ2n) is 6.59. The Kier molecular flexibility index (Phi) is 5.67. The van der Waals surface area contributed by atoms with Gasteiger partial charge in [0.15, 0.2) is 11.2 Å². The zero-order valence-electron chi connectivity index (χ0n) is 16.2. The van der Waals surface area contributed by atoms with Gasteiger partial charge in [-0.3, -0.25) is 18.7 Å². The molecule has 0 bridgehead atoms. The number of para-hydroxylation sites is 1. The fraction of sp³-hybridized carbons (Fsp3) is 0.333. The summed E-state index contributed by atoms with van der Waals surface area (Å²) in [5.41, 5.74) is -0.0720. The van der Waals surface area contributed by atoms with E-state index in [-0.39, 0.29) is 29.8 Å². The average molecular weight is 424 g/mol. The maximum absolute atomic E-state index is 12.4. The van der Waals surface area contributed by atoms with Gasteiger partial charge in [-0.15, -0.1) is 0 Å². The molecule has 0 radical (unpaired) electrons. The van der Waals surface area contributed by atoms with Gasteiger partial charge in [0.25, 0.3) is 11.5 Å². The number of imidazole rings is 1. The van der Waals surface area contributed by atoms with Crippen LogP contribution in [0.1, 0.15) is 10.4 Å². The quantitative estimate of drug-likeness (QED) is 0.611. The molecule has 0 atom stereocenters. The monoisotopic (exact) mass is 424 g/mol. The molecule has 0 aliphatic rings. The van der Waals surface area contributed by atoms with Crippen molar-refractivity contribution in [1.29, 1.82) is 0 Å². The first kappa shape index (κ1) is 21.1. The number of carbonyl (C=O) groups is 1. The molecule has 0 fully saturated rings. The van der Waals surface area contributed by atoms with Crippen molar-refractivity contribution in [3.8, 4) is 0 Å². The minimum atomic E-state index is -4.51. The third kappa shape index (κ3) is 4.21. The van der Waals surface area contributed by atoms with Crippen molar-refractivity contribution >= 4 is 22.8 Å². The number of benzene rings is 1. The van der Waals surface area contributed by atoms with E-state index in [0.29, 0.717) is 5.69 Å². The Morgan fingerprint density at radius 1 is 1.13 bits per heavy atom. The first-order valence-electron chi connectivity index (χ1n) is 8.89. The highest BCUT2D eigenvalue weighted by molar-refractivity contribution is 5.99. The van der Waals surface area contributed by atoms with E-state index in [4.69, 9.17) is 0 Å². The van der Waals surface area contributed by atoms with Crippen LogP contribution in [0.2, 0.25) is 0 Å². The molecule has 0 aliphatic heterocycles. The second-order valence-corrected chi connectivity index (χ2v) is 6.59. The number of aryl methyl sites for hydroxylation is 1. The summed E-state index contributed by atoms with van der Waals surface area (Å²) in [6.45, 7) is -0.910. The van der Waals surface area contributed by atoms with Crippen LogP contribution in [0.5, 0.6) is 0 Å². The van der Waals surface area contributed by atoms with E-state index in [9.17, 15) is 27.6 Å². The van der Waals surface area contributed by atoms with Gasteiger partial charge in [-0.05, 0) is 12.1 Å². The number of aromatic nitrogens is 4. The highest BCUT2D eigenvalue weighted by Gasteiger charge is 2.28. The Hall–Kier alpha value is -3.57. The number of amides is 1. The SMILES string of the molecule is Cn1c(=O)c2c(ncn2CCNc2ccccc2C(=O)NCC(F)(F)F)n(C)c1=O. The Morgan fingerprint density at radius 3 is 2.53 bits per heavy atom. The Bertz CT molecular complexity index is 1210. The highest BCUT2D eigenvalue weighted by atomic mass is 19.4. The maximum Gasteiger partial charge on any atom is 0.405 e. The number of hydrogen-bond acceptors (Lipinski definition) is 5. The number of carbonyl (C=O) groups excluding carboxylic acids is 1. The normalized spacial score (nSPS) is 11.6. The molecule has 0 spiro atoms. The molecule has 0 saturated heterocycles. The van der Waals surface area contributed by atoms with Gasteiger partial charge in [0.1, 0.15) is 6.54 Å². The third-order valence-electron chi connectivity index (χ3n) is 4.51. The summed E-state index contributed by atoms with van der Waals surface area (Å²) in [4.78, 5) is 40.6. The van der Waals surface area contributed by atoms with Gasteiger partial charge in [-0.2, -0.15) is 13.2 Å². The van der Waals surface area contributed by atoms with Crippen LogP contribution < -0.4 is 21.9 Å². The summed E-state index contributed by atoms with van der Waals surface area (Å²) in [5.74, 6) is -0.854. The third-order valence-corrected chi connectivity index (χ3v) is 4.51. The Morgan fingerprint density at radius 2 is 1.83 bits per heavy atom. The molecule has 9 nitrogen and oxygen atoms in total. The number of alkyl halides is 3. The lowest BCUT2D eigenvalue weighted by molar-refractivity contribution is -0.123. The molecule has 2 aromatic heterocycles. The first-order valence-corrected chi connectivity index (χ1v) is 8.89. The van der Waals surface area contributed by atoms with E-state index < -0.39 is 29.9 Å². The highest BCUT2D eigenvalue weighted by Crippen LogP contribution is 2.17. The number of nitrogens with one attached hydrogen (secondary N) is 2. The predicted molar refractivity (Wildman–Crippen MR) is 104 cm³/mol. The van der Waals surface area contributed by atoms with Crippen LogP contribution in [-0.2, 0) is 20.6 Å². The van der Waals surface area contributed by atoms with Crippen molar-refractivity contribution in [2.75, 3.05) is 18.4 Å². The summed E-state index contributed by atoms with van der Waals surface area (Å²) in [5, 5.41) is 4.82. The minimum Gasteiger partial charge on any atom is -0.383 e. The molecule has 0 unspecified atom stereocenters. The van der Waals surface area contributed by atoms with Gasteiger partial charge >= 0.3 is 11.9 Å².